The first-order chi connectivity index (χ1) is 6.27. The van der Waals surface area contributed by atoms with Gasteiger partial charge in [0.25, 0.3) is 0 Å². The summed E-state index contributed by atoms with van der Waals surface area (Å²) in [6, 6.07) is 6.33. The maximum atomic E-state index is 12.9. The summed E-state index contributed by atoms with van der Waals surface area (Å²) in [5, 5.41) is 3.89. The molecular formula is C10H8FNS. The molecule has 0 fully saturated rings. The minimum absolute atomic E-state index is 0.254. The summed E-state index contributed by atoms with van der Waals surface area (Å²) in [5.41, 5.74) is 8.07. The summed E-state index contributed by atoms with van der Waals surface area (Å²) in [4.78, 5) is 0. The van der Waals surface area contributed by atoms with Crippen molar-refractivity contribution in [1.29, 1.82) is 0 Å². The maximum Gasteiger partial charge on any atom is 0.123 e. The van der Waals surface area contributed by atoms with Crippen LogP contribution in [0.1, 0.15) is 0 Å². The summed E-state index contributed by atoms with van der Waals surface area (Å²) in [7, 11) is 0. The van der Waals surface area contributed by atoms with Crippen LogP contribution in [0.5, 0.6) is 0 Å². The molecule has 2 N–H and O–H groups in total. The lowest BCUT2D eigenvalue weighted by Crippen LogP contribution is -1.89. The third-order valence-electron chi connectivity index (χ3n) is 1.85. The average Bonchev–Trinajstić information content (AvgIpc) is 2.61. The molecule has 0 aliphatic carbocycles. The van der Waals surface area contributed by atoms with Gasteiger partial charge in [-0.15, -0.1) is 0 Å². The number of rotatable bonds is 1. The molecule has 0 saturated heterocycles. The van der Waals surface area contributed by atoms with Crippen molar-refractivity contribution in [3.8, 4) is 11.1 Å². The average molecular weight is 193 g/mol. The van der Waals surface area contributed by atoms with Crippen molar-refractivity contribution in [2.75, 3.05) is 5.73 Å². The van der Waals surface area contributed by atoms with Crippen LogP contribution >= 0.6 is 11.3 Å². The third kappa shape index (κ3) is 1.55. The van der Waals surface area contributed by atoms with Gasteiger partial charge in [-0.2, -0.15) is 11.3 Å². The number of halogens is 1. The van der Waals surface area contributed by atoms with E-state index in [2.05, 4.69) is 0 Å². The van der Waals surface area contributed by atoms with Crippen LogP contribution in [0.2, 0.25) is 0 Å². The molecule has 0 unspecified atom stereocenters. The summed E-state index contributed by atoms with van der Waals surface area (Å²) >= 11 is 1.57. The van der Waals surface area contributed by atoms with E-state index in [1.165, 1.54) is 12.1 Å². The number of hydrogen-bond donors (Lipinski definition) is 1. The molecule has 0 amide bonds. The number of thiophene rings is 1. The number of benzene rings is 1. The molecule has 2 aromatic rings. The van der Waals surface area contributed by atoms with Gasteiger partial charge in [-0.3, -0.25) is 0 Å². The van der Waals surface area contributed by atoms with Gasteiger partial charge in [-0.1, -0.05) is 0 Å². The minimum Gasteiger partial charge on any atom is -0.398 e. The van der Waals surface area contributed by atoms with E-state index in [1.807, 2.05) is 16.8 Å². The van der Waals surface area contributed by atoms with Crippen LogP contribution in [0.15, 0.2) is 35.0 Å². The molecule has 0 atom stereocenters. The number of nitrogen functional groups attached to an aromatic ring is 1. The monoisotopic (exact) mass is 193 g/mol. The van der Waals surface area contributed by atoms with Gasteiger partial charge in [0.2, 0.25) is 0 Å². The van der Waals surface area contributed by atoms with E-state index >= 15 is 0 Å². The van der Waals surface area contributed by atoms with E-state index in [0.717, 1.165) is 11.1 Å². The van der Waals surface area contributed by atoms with Crippen molar-refractivity contribution in [3.05, 3.63) is 40.8 Å². The topological polar surface area (TPSA) is 26.0 Å². The Morgan fingerprint density at radius 1 is 1.23 bits per heavy atom. The van der Waals surface area contributed by atoms with Gasteiger partial charge in [0.15, 0.2) is 0 Å². The second-order valence-corrected chi connectivity index (χ2v) is 3.52. The molecule has 1 aromatic carbocycles. The summed E-state index contributed by atoms with van der Waals surface area (Å²) < 4.78 is 12.9. The Morgan fingerprint density at radius 3 is 2.77 bits per heavy atom. The summed E-state index contributed by atoms with van der Waals surface area (Å²) in [5.74, 6) is -0.254. The van der Waals surface area contributed by atoms with Crippen molar-refractivity contribution in [2.45, 2.75) is 0 Å². The molecule has 1 aromatic heterocycles. The normalized spacial score (nSPS) is 10.2. The van der Waals surface area contributed by atoms with Gasteiger partial charge in [0.05, 0.1) is 0 Å². The van der Waals surface area contributed by atoms with Gasteiger partial charge in [0.1, 0.15) is 5.82 Å². The SMILES string of the molecule is Nc1ccc(F)cc1-c1ccsc1. The molecular weight excluding hydrogens is 185 g/mol. The highest BCUT2D eigenvalue weighted by Gasteiger charge is 2.03. The van der Waals surface area contributed by atoms with Gasteiger partial charge < -0.3 is 5.73 Å². The van der Waals surface area contributed by atoms with Crippen LogP contribution in [0.25, 0.3) is 11.1 Å². The highest BCUT2D eigenvalue weighted by molar-refractivity contribution is 7.08. The highest BCUT2D eigenvalue weighted by atomic mass is 32.1. The van der Waals surface area contributed by atoms with Crippen molar-refractivity contribution in [2.24, 2.45) is 0 Å². The lowest BCUT2D eigenvalue weighted by molar-refractivity contribution is 0.628. The molecule has 1 heterocycles. The van der Waals surface area contributed by atoms with Crippen molar-refractivity contribution < 1.29 is 4.39 Å². The Bertz CT molecular complexity index is 409. The number of nitrogens with two attached hydrogens (primary N) is 1. The number of anilines is 1. The first kappa shape index (κ1) is 8.26. The Balaban J connectivity index is 2.57. The first-order valence-electron chi connectivity index (χ1n) is 3.85. The van der Waals surface area contributed by atoms with Crippen molar-refractivity contribution in [3.63, 3.8) is 0 Å². The fraction of sp³-hybridized carbons (Fsp3) is 0. The lowest BCUT2D eigenvalue weighted by Gasteiger charge is -2.02. The van der Waals surface area contributed by atoms with Crippen LogP contribution in [0.3, 0.4) is 0 Å². The van der Waals surface area contributed by atoms with Crippen LogP contribution in [0, 0.1) is 5.82 Å². The fourth-order valence-electron chi connectivity index (χ4n) is 1.20. The predicted octanol–water partition coefficient (Wildman–Crippen LogP) is 3.14. The molecule has 0 aliphatic rings. The summed E-state index contributed by atoms with van der Waals surface area (Å²) in [6.45, 7) is 0. The van der Waals surface area contributed by atoms with Gasteiger partial charge in [0, 0.05) is 11.3 Å². The quantitative estimate of drug-likeness (QED) is 0.692. The zero-order valence-corrected chi connectivity index (χ0v) is 7.64. The Morgan fingerprint density at radius 2 is 2.08 bits per heavy atom. The Hall–Kier alpha value is -1.35. The molecule has 0 spiro atoms. The summed E-state index contributed by atoms with van der Waals surface area (Å²) in [6.07, 6.45) is 0. The van der Waals surface area contributed by atoms with Crippen molar-refractivity contribution >= 4 is 17.0 Å². The zero-order chi connectivity index (χ0) is 9.26. The van der Waals surface area contributed by atoms with Gasteiger partial charge in [-0.05, 0) is 40.6 Å². The lowest BCUT2D eigenvalue weighted by atomic mass is 10.1. The van der Waals surface area contributed by atoms with E-state index in [0.29, 0.717) is 5.69 Å². The molecule has 13 heavy (non-hydrogen) atoms. The molecule has 0 aliphatic heterocycles. The third-order valence-corrected chi connectivity index (χ3v) is 2.53. The minimum atomic E-state index is -0.254. The predicted molar refractivity (Wildman–Crippen MR) is 54.1 cm³/mol. The van der Waals surface area contributed by atoms with Crippen LogP contribution in [0.4, 0.5) is 10.1 Å². The Labute approximate surface area is 79.6 Å². The molecule has 1 nitrogen and oxygen atoms in total. The highest BCUT2D eigenvalue weighted by Crippen LogP contribution is 2.28. The van der Waals surface area contributed by atoms with E-state index in [-0.39, 0.29) is 5.82 Å². The zero-order valence-electron chi connectivity index (χ0n) is 6.83. The van der Waals surface area contributed by atoms with Crippen molar-refractivity contribution in [1.82, 2.24) is 0 Å². The second-order valence-electron chi connectivity index (χ2n) is 2.74. The van der Waals surface area contributed by atoms with E-state index in [1.54, 1.807) is 17.4 Å². The van der Waals surface area contributed by atoms with Crippen LogP contribution in [-0.2, 0) is 0 Å². The molecule has 0 radical (unpaired) electrons. The second kappa shape index (κ2) is 3.18. The van der Waals surface area contributed by atoms with Crippen LogP contribution in [-0.4, -0.2) is 0 Å². The van der Waals surface area contributed by atoms with Crippen LogP contribution < -0.4 is 5.73 Å². The standard InChI is InChI=1S/C10H8FNS/c11-8-1-2-10(12)9(5-8)7-3-4-13-6-7/h1-6H,12H2. The first-order valence-corrected chi connectivity index (χ1v) is 4.79. The Kier molecular flexibility index (Phi) is 2.02. The maximum absolute atomic E-state index is 12.9. The fourth-order valence-corrected chi connectivity index (χ4v) is 1.85. The molecule has 0 saturated carbocycles. The van der Waals surface area contributed by atoms with E-state index < -0.39 is 0 Å². The molecule has 3 heteroatoms. The molecule has 2 rings (SSSR count). The number of hydrogen-bond acceptors (Lipinski definition) is 2. The molecule has 66 valence electrons. The van der Waals surface area contributed by atoms with E-state index in [9.17, 15) is 4.39 Å². The molecule has 0 bridgehead atoms. The smallest absolute Gasteiger partial charge is 0.123 e. The largest absolute Gasteiger partial charge is 0.398 e. The van der Waals surface area contributed by atoms with Gasteiger partial charge >= 0.3 is 0 Å². The van der Waals surface area contributed by atoms with Gasteiger partial charge in [-0.25, -0.2) is 4.39 Å². The van der Waals surface area contributed by atoms with E-state index in [4.69, 9.17) is 5.73 Å².